The van der Waals surface area contributed by atoms with Gasteiger partial charge in [-0.2, -0.15) is 5.26 Å². The van der Waals surface area contributed by atoms with Crippen molar-refractivity contribution in [2.75, 3.05) is 5.32 Å². The summed E-state index contributed by atoms with van der Waals surface area (Å²) in [7, 11) is 0. The Labute approximate surface area is 158 Å². The molecule has 0 bridgehead atoms. The van der Waals surface area contributed by atoms with Crippen molar-refractivity contribution in [2.24, 2.45) is 0 Å². The Kier molecular flexibility index (Phi) is 6.09. The third kappa shape index (κ3) is 5.24. The van der Waals surface area contributed by atoms with E-state index < -0.39 is 0 Å². The lowest BCUT2D eigenvalue weighted by molar-refractivity contribution is -0.111. The minimum absolute atomic E-state index is 0.262. The van der Waals surface area contributed by atoms with E-state index in [9.17, 15) is 4.79 Å². The first-order valence-electron chi connectivity index (χ1n) is 7.57. The molecule has 0 aliphatic rings. The van der Waals surface area contributed by atoms with Gasteiger partial charge in [0.25, 0.3) is 0 Å². The fourth-order valence-electron chi connectivity index (χ4n) is 1.93. The minimum Gasteiger partial charge on any atom is -0.297 e. The maximum Gasteiger partial charge on any atom is 0.250 e. The first kappa shape index (κ1) is 17.8. The highest BCUT2D eigenvalue weighted by atomic mass is 32.2. The largest absolute Gasteiger partial charge is 0.297 e. The Morgan fingerprint density at radius 1 is 1.19 bits per heavy atom. The molecule has 0 aliphatic carbocycles. The standard InChI is InChI=1S/C18H13N5OS2/c19-11-14-1-3-15(4-2-14)12-25-18-23-22-17(26-18)21-16(24)6-5-13-7-9-20-10-8-13/h1-10H,12H2,(H,21,22,24)/b6-5+. The van der Waals surface area contributed by atoms with Crippen LogP contribution in [0, 0.1) is 11.3 Å². The number of rotatable bonds is 6. The number of nitrogens with zero attached hydrogens (tertiary/aromatic N) is 4. The molecule has 2 aromatic heterocycles. The molecule has 128 valence electrons. The first-order chi connectivity index (χ1) is 12.7. The van der Waals surface area contributed by atoms with Crippen LogP contribution in [-0.4, -0.2) is 21.1 Å². The van der Waals surface area contributed by atoms with Crippen LogP contribution >= 0.6 is 23.1 Å². The van der Waals surface area contributed by atoms with Crippen LogP contribution in [0.1, 0.15) is 16.7 Å². The second kappa shape index (κ2) is 8.89. The number of benzene rings is 1. The Hall–Kier alpha value is -3.02. The van der Waals surface area contributed by atoms with E-state index in [4.69, 9.17) is 5.26 Å². The van der Waals surface area contributed by atoms with Crippen LogP contribution in [0.15, 0.2) is 59.2 Å². The number of aromatic nitrogens is 3. The Balaban J connectivity index is 1.51. The number of nitrogens with one attached hydrogen (secondary N) is 1. The molecule has 1 N–H and O–H groups in total. The zero-order chi connectivity index (χ0) is 18.2. The van der Waals surface area contributed by atoms with Crippen molar-refractivity contribution in [3.8, 4) is 6.07 Å². The van der Waals surface area contributed by atoms with Crippen LogP contribution in [-0.2, 0) is 10.5 Å². The molecule has 0 aliphatic heterocycles. The van der Waals surface area contributed by atoms with Crippen molar-refractivity contribution >= 4 is 40.2 Å². The fraction of sp³-hybridized carbons (Fsp3) is 0.0556. The maximum absolute atomic E-state index is 11.9. The van der Waals surface area contributed by atoms with Crippen LogP contribution in [0.4, 0.5) is 5.13 Å². The van der Waals surface area contributed by atoms with E-state index in [2.05, 4.69) is 26.6 Å². The number of thioether (sulfide) groups is 1. The molecule has 1 amide bonds. The summed E-state index contributed by atoms with van der Waals surface area (Å²) in [6.45, 7) is 0. The van der Waals surface area contributed by atoms with Gasteiger partial charge in [0.05, 0.1) is 11.6 Å². The van der Waals surface area contributed by atoms with E-state index in [1.165, 1.54) is 29.2 Å². The smallest absolute Gasteiger partial charge is 0.250 e. The third-order valence-corrected chi connectivity index (χ3v) is 5.26. The molecular weight excluding hydrogens is 366 g/mol. The van der Waals surface area contributed by atoms with Crippen molar-refractivity contribution in [1.82, 2.24) is 15.2 Å². The van der Waals surface area contributed by atoms with Crippen LogP contribution in [0.2, 0.25) is 0 Å². The molecule has 0 radical (unpaired) electrons. The summed E-state index contributed by atoms with van der Waals surface area (Å²) in [5, 5.41) is 20.0. The lowest BCUT2D eigenvalue weighted by Crippen LogP contribution is -2.07. The predicted molar refractivity (Wildman–Crippen MR) is 103 cm³/mol. The molecule has 3 rings (SSSR count). The Morgan fingerprint density at radius 3 is 2.69 bits per heavy atom. The second-order valence-electron chi connectivity index (χ2n) is 5.07. The predicted octanol–water partition coefficient (Wildman–Crippen LogP) is 3.75. The summed E-state index contributed by atoms with van der Waals surface area (Å²) in [5.41, 5.74) is 2.63. The van der Waals surface area contributed by atoms with Crippen molar-refractivity contribution in [3.63, 3.8) is 0 Å². The highest BCUT2D eigenvalue weighted by molar-refractivity contribution is 8.00. The van der Waals surface area contributed by atoms with Gasteiger partial charge in [0.1, 0.15) is 0 Å². The number of anilines is 1. The highest BCUT2D eigenvalue weighted by Gasteiger charge is 2.07. The monoisotopic (exact) mass is 379 g/mol. The summed E-state index contributed by atoms with van der Waals surface area (Å²) >= 11 is 2.85. The van der Waals surface area contributed by atoms with E-state index in [1.807, 2.05) is 24.3 Å². The van der Waals surface area contributed by atoms with Gasteiger partial charge >= 0.3 is 0 Å². The number of nitriles is 1. The van der Waals surface area contributed by atoms with Crippen LogP contribution in [0.3, 0.4) is 0 Å². The molecule has 26 heavy (non-hydrogen) atoms. The molecule has 6 nitrogen and oxygen atoms in total. The van der Waals surface area contributed by atoms with Gasteiger partial charge in [-0.3, -0.25) is 15.1 Å². The Morgan fingerprint density at radius 2 is 1.96 bits per heavy atom. The van der Waals surface area contributed by atoms with E-state index >= 15 is 0 Å². The number of carbonyl (C=O) groups excluding carboxylic acids is 1. The molecule has 2 heterocycles. The molecule has 1 aromatic carbocycles. The highest BCUT2D eigenvalue weighted by Crippen LogP contribution is 2.28. The van der Waals surface area contributed by atoms with Gasteiger partial charge in [-0.05, 0) is 41.5 Å². The van der Waals surface area contributed by atoms with Crippen LogP contribution < -0.4 is 5.32 Å². The molecule has 0 fully saturated rings. The van der Waals surface area contributed by atoms with Crippen LogP contribution in [0.25, 0.3) is 6.08 Å². The molecule has 0 spiro atoms. The minimum atomic E-state index is -0.262. The lowest BCUT2D eigenvalue weighted by atomic mass is 10.2. The number of hydrogen-bond donors (Lipinski definition) is 1. The fourth-order valence-corrected chi connectivity index (χ4v) is 3.64. The topological polar surface area (TPSA) is 91.6 Å². The van der Waals surface area contributed by atoms with Crippen molar-refractivity contribution < 1.29 is 4.79 Å². The van der Waals surface area contributed by atoms with Crippen molar-refractivity contribution in [2.45, 2.75) is 10.1 Å². The lowest BCUT2D eigenvalue weighted by Gasteiger charge is -1.98. The zero-order valence-corrected chi connectivity index (χ0v) is 15.1. The summed E-state index contributed by atoms with van der Waals surface area (Å²) in [5.74, 6) is 0.456. The second-order valence-corrected chi connectivity index (χ2v) is 7.27. The molecule has 0 saturated heterocycles. The maximum atomic E-state index is 11.9. The van der Waals surface area contributed by atoms with Crippen molar-refractivity contribution in [1.29, 1.82) is 5.26 Å². The molecule has 3 aromatic rings. The number of pyridine rings is 1. The summed E-state index contributed by atoms with van der Waals surface area (Å²) < 4.78 is 0.766. The van der Waals surface area contributed by atoms with E-state index in [1.54, 1.807) is 30.6 Å². The average Bonchev–Trinajstić information content (AvgIpc) is 3.13. The first-order valence-corrected chi connectivity index (χ1v) is 9.37. The zero-order valence-electron chi connectivity index (χ0n) is 13.5. The van der Waals surface area contributed by atoms with E-state index in [-0.39, 0.29) is 5.91 Å². The van der Waals surface area contributed by atoms with Gasteiger partial charge in [-0.1, -0.05) is 35.2 Å². The third-order valence-electron chi connectivity index (χ3n) is 3.22. The molecule has 0 saturated carbocycles. The van der Waals surface area contributed by atoms with Gasteiger partial charge in [-0.15, -0.1) is 10.2 Å². The van der Waals surface area contributed by atoms with Gasteiger partial charge in [-0.25, -0.2) is 0 Å². The SMILES string of the molecule is N#Cc1ccc(CSc2nnc(NC(=O)/C=C/c3ccncc3)s2)cc1. The van der Waals surface area contributed by atoms with Gasteiger partial charge in [0.15, 0.2) is 4.34 Å². The number of hydrogen-bond acceptors (Lipinski definition) is 7. The van der Waals surface area contributed by atoms with Gasteiger partial charge < -0.3 is 0 Å². The summed E-state index contributed by atoms with van der Waals surface area (Å²) in [4.78, 5) is 15.9. The van der Waals surface area contributed by atoms with Crippen LogP contribution in [0.5, 0.6) is 0 Å². The average molecular weight is 379 g/mol. The van der Waals surface area contributed by atoms with E-state index in [0.29, 0.717) is 10.7 Å². The Bertz CT molecular complexity index is 946. The normalized spacial score (nSPS) is 10.6. The van der Waals surface area contributed by atoms with Gasteiger partial charge in [0.2, 0.25) is 11.0 Å². The number of amides is 1. The van der Waals surface area contributed by atoms with E-state index in [0.717, 1.165) is 21.2 Å². The molecule has 0 atom stereocenters. The molecule has 0 unspecified atom stereocenters. The number of carbonyl (C=O) groups is 1. The molecular formula is C18H13N5OS2. The summed E-state index contributed by atoms with van der Waals surface area (Å²) in [6.07, 6.45) is 6.48. The quantitative estimate of drug-likeness (QED) is 0.398. The van der Waals surface area contributed by atoms with Gasteiger partial charge in [0, 0.05) is 24.2 Å². The van der Waals surface area contributed by atoms with Crippen molar-refractivity contribution in [3.05, 3.63) is 71.6 Å². The summed E-state index contributed by atoms with van der Waals surface area (Å²) in [6, 6.07) is 13.1. The molecule has 8 heteroatoms.